The third kappa shape index (κ3) is 3.31. The number of ether oxygens (including phenoxy) is 1. The second-order valence-corrected chi connectivity index (χ2v) is 7.18. The maximum absolute atomic E-state index is 13.3. The van der Waals surface area contributed by atoms with Gasteiger partial charge in [0.2, 0.25) is 0 Å². The number of pyridine rings is 1. The van der Waals surface area contributed by atoms with Crippen LogP contribution in [0.2, 0.25) is 0 Å². The van der Waals surface area contributed by atoms with E-state index in [0.717, 1.165) is 22.3 Å². The number of rotatable bonds is 4. The monoisotopic (exact) mass is 377 g/mol. The van der Waals surface area contributed by atoms with Crippen molar-refractivity contribution in [2.45, 2.75) is 20.4 Å². The summed E-state index contributed by atoms with van der Waals surface area (Å²) in [4.78, 5) is 34.0. The Balaban J connectivity index is 1.76. The van der Waals surface area contributed by atoms with Gasteiger partial charge in [0.1, 0.15) is 5.70 Å². The van der Waals surface area contributed by atoms with Crippen LogP contribution in [0.5, 0.6) is 0 Å². The molecule has 1 aromatic heterocycles. The summed E-state index contributed by atoms with van der Waals surface area (Å²) >= 11 is 0. The summed E-state index contributed by atoms with van der Waals surface area (Å²) in [6.45, 7) is 6.57. The van der Waals surface area contributed by atoms with Gasteiger partial charge in [0.25, 0.3) is 11.8 Å². The average Bonchev–Trinajstić information content (AvgIpc) is 2.96. The second-order valence-electron chi connectivity index (χ2n) is 7.18. The molecule has 28 heavy (non-hydrogen) atoms. The Morgan fingerprint density at radius 2 is 1.82 bits per heavy atom. The number of aryl methyl sites for hydroxylation is 2. The van der Waals surface area contributed by atoms with Crippen molar-refractivity contribution in [1.29, 1.82) is 0 Å². The SMILES string of the molecule is Cc1ccc(C2=C(N3CCOCC3)C(=O)N(Cc3cccnc3)C2=O)cc1C. The minimum absolute atomic E-state index is 0.216. The van der Waals surface area contributed by atoms with E-state index in [0.29, 0.717) is 37.6 Å². The van der Waals surface area contributed by atoms with E-state index >= 15 is 0 Å². The molecule has 6 heteroatoms. The quantitative estimate of drug-likeness (QED) is 0.765. The largest absolute Gasteiger partial charge is 0.378 e. The molecule has 2 aliphatic heterocycles. The van der Waals surface area contributed by atoms with E-state index < -0.39 is 0 Å². The van der Waals surface area contributed by atoms with Gasteiger partial charge < -0.3 is 9.64 Å². The number of carbonyl (C=O) groups is 2. The summed E-state index contributed by atoms with van der Waals surface area (Å²) in [6, 6.07) is 9.59. The molecule has 0 saturated carbocycles. The zero-order chi connectivity index (χ0) is 19.7. The molecule has 144 valence electrons. The highest BCUT2D eigenvalue weighted by atomic mass is 16.5. The molecule has 1 aromatic carbocycles. The van der Waals surface area contributed by atoms with E-state index in [1.54, 1.807) is 18.5 Å². The summed E-state index contributed by atoms with van der Waals surface area (Å²) < 4.78 is 5.44. The van der Waals surface area contributed by atoms with Crippen molar-refractivity contribution in [2.24, 2.45) is 0 Å². The molecule has 0 atom stereocenters. The fourth-order valence-electron chi connectivity index (χ4n) is 3.62. The Kier molecular flexibility index (Phi) is 4.96. The zero-order valence-corrected chi connectivity index (χ0v) is 16.1. The molecule has 1 fully saturated rings. The van der Waals surface area contributed by atoms with Gasteiger partial charge in [-0.05, 0) is 42.2 Å². The predicted molar refractivity (Wildman–Crippen MR) is 105 cm³/mol. The summed E-state index contributed by atoms with van der Waals surface area (Å²) in [6.07, 6.45) is 3.36. The topological polar surface area (TPSA) is 62.7 Å². The van der Waals surface area contributed by atoms with Crippen molar-refractivity contribution in [3.8, 4) is 0 Å². The standard InChI is InChI=1S/C22H23N3O3/c1-15-5-6-18(12-16(15)2)19-20(24-8-10-28-11-9-24)22(27)25(21(19)26)14-17-4-3-7-23-13-17/h3-7,12-13H,8-11,14H2,1-2H3. The van der Waals surface area contributed by atoms with Gasteiger partial charge in [0.15, 0.2) is 0 Å². The average molecular weight is 377 g/mol. The summed E-state index contributed by atoms with van der Waals surface area (Å²) in [5.41, 5.74) is 4.83. The Hall–Kier alpha value is -2.99. The first kappa shape index (κ1) is 18.4. The lowest BCUT2D eigenvalue weighted by molar-refractivity contribution is -0.138. The number of nitrogens with zero attached hydrogens (tertiary/aromatic N) is 3. The molecule has 0 N–H and O–H groups in total. The number of amides is 2. The van der Waals surface area contributed by atoms with Crippen LogP contribution >= 0.6 is 0 Å². The maximum Gasteiger partial charge on any atom is 0.278 e. The number of hydrogen-bond donors (Lipinski definition) is 0. The third-order valence-corrected chi connectivity index (χ3v) is 5.33. The fraction of sp³-hybridized carbons (Fsp3) is 0.318. The highest BCUT2D eigenvalue weighted by Crippen LogP contribution is 2.33. The molecule has 0 aliphatic carbocycles. The molecule has 0 unspecified atom stereocenters. The Morgan fingerprint density at radius 3 is 2.50 bits per heavy atom. The van der Waals surface area contributed by atoms with Crippen molar-refractivity contribution in [1.82, 2.24) is 14.8 Å². The maximum atomic E-state index is 13.3. The van der Waals surface area contributed by atoms with Crippen LogP contribution in [0.3, 0.4) is 0 Å². The van der Waals surface area contributed by atoms with Gasteiger partial charge in [-0.2, -0.15) is 0 Å². The number of imide groups is 1. The predicted octanol–water partition coefficient (Wildman–Crippen LogP) is 2.31. The van der Waals surface area contributed by atoms with Gasteiger partial charge in [0, 0.05) is 25.5 Å². The Bertz CT molecular complexity index is 947. The smallest absolute Gasteiger partial charge is 0.278 e. The molecule has 4 rings (SSSR count). The molecule has 2 aliphatic rings. The summed E-state index contributed by atoms with van der Waals surface area (Å²) in [5, 5.41) is 0. The first-order valence-corrected chi connectivity index (χ1v) is 9.46. The van der Waals surface area contributed by atoms with Crippen LogP contribution in [-0.2, 0) is 20.9 Å². The molecule has 2 aromatic rings. The summed E-state index contributed by atoms with van der Waals surface area (Å²) in [5.74, 6) is -0.498. The molecule has 1 saturated heterocycles. The molecular formula is C22H23N3O3. The van der Waals surface area contributed by atoms with Crippen LogP contribution in [0.15, 0.2) is 48.4 Å². The first-order valence-electron chi connectivity index (χ1n) is 9.46. The van der Waals surface area contributed by atoms with Gasteiger partial charge >= 0.3 is 0 Å². The van der Waals surface area contributed by atoms with Gasteiger partial charge in [-0.25, -0.2) is 0 Å². The minimum atomic E-state index is -0.251. The first-order chi connectivity index (χ1) is 13.6. The fourth-order valence-corrected chi connectivity index (χ4v) is 3.62. The number of aromatic nitrogens is 1. The van der Waals surface area contributed by atoms with Crippen molar-refractivity contribution >= 4 is 17.4 Å². The van der Waals surface area contributed by atoms with Crippen LogP contribution in [0.25, 0.3) is 5.57 Å². The highest BCUT2D eigenvalue weighted by molar-refractivity contribution is 6.35. The van der Waals surface area contributed by atoms with Crippen molar-refractivity contribution < 1.29 is 14.3 Å². The van der Waals surface area contributed by atoms with Gasteiger partial charge in [-0.3, -0.25) is 19.5 Å². The zero-order valence-electron chi connectivity index (χ0n) is 16.1. The van der Waals surface area contributed by atoms with Gasteiger partial charge in [-0.1, -0.05) is 24.3 Å². The lowest BCUT2D eigenvalue weighted by Crippen LogP contribution is -2.40. The van der Waals surface area contributed by atoms with Crippen LogP contribution in [0, 0.1) is 13.8 Å². The van der Waals surface area contributed by atoms with E-state index in [1.165, 1.54) is 4.90 Å². The normalized spacial score (nSPS) is 17.6. The van der Waals surface area contributed by atoms with Crippen molar-refractivity contribution in [3.63, 3.8) is 0 Å². The van der Waals surface area contributed by atoms with Crippen LogP contribution in [0.1, 0.15) is 22.3 Å². The molecule has 2 amide bonds. The van der Waals surface area contributed by atoms with Crippen LogP contribution in [0.4, 0.5) is 0 Å². The van der Waals surface area contributed by atoms with E-state index in [4.69, 9.17) is 4.74 Å². The summed E-state index contributed by atoms with van der Waals surface area (Å²) in [7, 11) is 0. The highest BCUT2D eigenvalue weighted by Gasteiger charge is 2.41. The molecular weight excluding hydrogens is 354 g/mol. The Labute approximate surface area is 164 Å². The van der Waals surface area contributed by atoms with Crippen LogP contribution in [-0.4, -0.2) is 52.9 Å². The van der Waals surface area contributed by atoms with Crippen LogP contribution < -0.4 is 0 Å². The van der Waals surface area contributed by atoms with Crippen molar-refractivity contribution in [3.05, 3.63) is 70.7 Å². The Morgan fingerprint density at radius 1 is 1.04 bits per heavy atom. The minimum Gasteiger partial charge on any atom is -0.378 e. The van der Waals surface area contributed by atoms with E-state index in [9.17, 15) is 9.59 Å². The second kappa shape index (κ2) is 7.56. The van der Waals surface area contributed by atoms with E-state index in [-0.39, 0.29) is 18.4 Å². The molecule has 0 radical (unpaired) electrons. The van der Waals surface area contributed by atoms with E-state index in [1.807, 2.05) is 43.0 Å². The lowest BCUT2D eigenvalue weighted by atomic mass is 9.99. The third-order valence-electron chi connectivity index (χ3n) is 5.33. The van der Waals surface area contributed by atoms with Gasteiger partial charge in [0.05, 0.1) is 25.3 Å². The number of hydrogen-bond acceptors (Lipinski definition) is 5. The van der Waals surface area contributed by atoms with E-state index in [2.05, 4.69) is 4.98 Å². The lowest BCUT2D eigenvalue weighted by Gasteiger charge is -2.29. The molecule has 0 spiro atoms. The van der Waals surface area contributed by atoms with Gasteiger partial charge in [-0.15, -0.1) is 0 Å². The number of morpholine rings is 1. The number of carbonyl (C=O) groups excluding carboxylic acids is 2. The molecule has 0 bridgehead atoms. The number of benzene rings is 1. The van der Waals surface area contributed by atoms with Crippen molar-refractivity contribution in [2.75, 3.05) is 26.3 Å². The molecule has 3 heterocycles. The molecule has 6 nitrogen and oxygen atoms in total.